The summed E-state index contributed by atoms with van der Waals surface area (Å²) in [6.45, 7) is 11.0. The van der Waals surface area contributed by atoms with Crippen molar-refractivity contribution in [3.63, 3.8) is 0 Å². The lowest BCUT2D eigenvalue weighted by atomic mass is 9.65. The fourth-order valence-corrected chi connectivity index (χ4v) is 6.01. The Kier molecular flexibility index (Phi) is 4.36. The molecule has 0 radical (unpaired) electrons. The lowest BCUT2D eigenvalue weighted by Crippen LogP contribution is -2.38. The molecule has 4 rings (SSSR count). The quantitative estimate of drug-likeness (QED) is 0.611. The molecule has 2 atom stereocenters. The lowest BCUT2D eigenvalue weighted by molar-refractivity contribution is 0.136. The predicted octanol–water partition coefficient (Wildman–Crippen LogP) is 4.82. The number of halogens is 1. The van der Waals surface area contributed by atoms with Gasteiger partial charge in [0.1, 0.15) is 0 Å². The first-order chi connectivity index (χ1) is 12.2. The van der Waals surface area contributed by atoms with Crippen molar-refractivity contribution in [3.05, 3.63) is 32.1 Å². The van der Waals surface area contributed by atoms with Crippen molar-refractivity contribution < 1.29 is 0 Å². The molecule has 5 heteroatoms. The van der Waals surface area contributed by atoms with Gasteiger partial charge in [-0.05, 0) is 77.3 Å². The summed E-state index contributed by atoms with van der Waals surface area (Å²) in [4.78, 5) is 20.7. The molecule has 2 fully saturated rings. The molecule has 0 spiro atoms. The van der Waals surface area contributed by atoms with E-state index in [0.717, 1.165) is 39.9 Å². The molecule has 2 unspecified atom stereocenters. The summed E-state index contributed by atoms with van der Waals surface area (Å²) in [6.07, 6.45) is 4.57. The normalized spacial score (nSPS) is 27.3. The van der Waals surface area contributed by atoms with Crippen LogP contribution in [0.3, 0.4) is 0 Å². The molecular weight excluding hydrogens is 437 g/mol. The van der Waals surface area contributed by atoms with E-state index in [1.165, 1.54) is 19.3 Å². The Morgan fingerprint density at radius 3 is 2.77 bits per heavy atom. The number of hydrogen-bond acceptors (Lipinski definition) is 3. The Morgan fingerprint density at radius 1 is 1.27 bits per heavy atom. The Morgan fingerprint density at radius 2 is 2.04 bits per heavy atom. The molecule has 1 aliphatic heterocycles. The average Bonchev–Trinajstić information content (AvgIpc) is 2.79. The zero-order chi connectivity index (χ0) is 18.7. The maximum absolute atomic E-state index is 13.2. The third kappa shape index (κ3) is 3.06. The fraction of sp³-hybridized carbons (Fsp3) is 0.619. The number of nitrogens with zero attached hydrogens (tertiary/aromatic N) is 3. The Hall–Kier alpha value is -1.11. The Balaban J connectivity index is 1.87. The SMILES string of the molecule is CCCn1c(N2CC3(C)CC2CC(C)(C)C3)nc2ccc(I)cc2c1=O. The summed E-state index contributed by atoms with van der Waals surface area (Å²) in [5, 5.41) is 0.739. The molecule has 1 saturated carbocycles. The minimum absolute atomic E-state index is 0.108. The molecule has 2 heterocycles. The van der Waals surface area contributed by atoms with Gasteiger partial charge in [0.25, 0.3) is 5.56 Å². The van der Waals surface area contributed by atoms with Crippen molar-refractivity contribution >= 4 is 39.4 Å². The molecule has 1 aliphatic carbocycles. The van der Waals surface area contributed by atoms with Gasteiger partial charge in [-0.1, -0.05) is 27.7 Å². The van der Waals surface area contributed by atoms with Crippen molar-refractivity contribution in [2.24, 2.45) is 10.8 Å². The van der Waals surface area contributed by atoms with E-state index in [9.17, 15) is 4.79 Å². The highest BCUT2D eigenvalue weighted by molar-refractivity contribution is 14.1. The van der Waals surface area contributed by atoms with E-state index in [4.69, 9.17) is 4.98 Å². The van der Waals surface area contributed by atoms with Crippen LogP contribution in [0.15, 0.2) is 23.0 Å². The second-order valence-corrected chi connectivity index (χ2v) is 10.6. The van der Waals surface area contributed by atoms with Gasteiger partial charge in [0, 0.05) is 22.7 Å². The molecule has 1 aromatic carbocycles. The zero-order valence-electron chi connectivity index (χ0n) is 16.2. The minimum atomic E-state index is 0.108. The minimum Gasteiger partial charge on any atom is -0.339 e. The fourth-order valence-electron chi connectivity index (χ4n) is 5.52. The summed E-state index contributed by atoms with van der Waals surface area (Å²) >= 11 is 2.26. The molecule has 1 saturated heterocycles. The molecule has 2 aromatic rings. The van der Waals surface area contributed by atoms with Crippen molar-refractivity contribution in [1.82, 2.24) is 9.55 Å². The van der Waals surface area contributed by atoms with Gasteiger partial charge >= 0.3 is 0 Å². The first-order valence-electron chi connectivity index (χ1n) is 9.68. The number of rotatable bonds is 3. The topological polar surface area (TPSA) is 38.1 Å². The highest BCUT2D eigenvalue weighted by Gasteiger charge is 2.50. The van der Waals surface area contributed by atoms with Gasteiger partial charge in [0.05, 0.1) is 10.9 Å². The van der Waals surface area contributed by atoms with E-state index in [0.29, 0.717) is 16.9 Å². The van der Waals surface area contributed by atoms with Gasteiger partial charge in [-0.15, -0.1) is 0 Å². The van der Waals surface area contributed by atoms with Gasteiger partial charge in [-0.25, -0.2) is 4.98 Å². The Labute approximate surface area is 169 Å². The second-order valence-electron chi connectivity index (χ2n) is 9.37. The van der Waals surface area contributed by atoms with Crippen LogP contribution in [0.5, 0.6) is 0 Å². The summed E-state index contributed by atoms with van der Waals surface area (Å²) in [5.41, 5.74) is 1.61. The number of hydrogen-bond donors (Lipinski definition) is 0. The van der Waals surface area contributed by atoms with E-state index in [1.54, 1.807) is 0 Å². The molecule has 2 bridgehead atoms. The van der Waals surface area contributed by atoms with Gasteiger partial charge in [0.2, 0.25) is 5.95 Å². The first kappa shape index (κ1) is 18.3. The summed E-state index contributed by atoms with van der Waals surface area (Å²) in [5.74, 6) is 0.886. The van der Waals surface area contributed by atoms with Crippen LogP contribution in [0.25, 0.3) is 10.9 Å². The highest BCUT2D eigenvalue weighted by Crippen LogP contribution is 2.53. The highest BCUT2D eigenvalue weighted by atomic mass is 127. The molecule has 0 amide bonds. The third-order valence-corrected chi connectivity index (χ3v) is 6.69. The van der Waals surface area contributed by atoms with Crippen LogP contribution in [0.1, 0.15) is 53.4 Å². The molecule has 26 heavy (non-hydrogen) atoms. The van der Waals surface area contributed by atoms with E-state index < -0.39 is 0 Å². The van der Waals surface area contributed by atoms with Crippen molar-refractivity contribution in [1.29, 1.82) is 0 Å². The van der Waals surface area contributed by atoms with Crippen LogP contribution in [0, 0.1) is 14.4 Å². The van der Waals surface area contributed by atoms with Crippen LogP contribution < -0.4 is 10.5 Å². The number of anilines is 1. The smallest absolute Gasteiger partial charge is 0.262 e. The predicted molar refractivity (Wildman–Crippen MR) is 116 cm³/mol. The van der Waals surface area contributed by atoms with E-state index in [1.807, 2.05) is 22.8 Å². The van der Waals surface area contributed by atoms with E-state index >= 15 is 0 Å². The van der Waals surface area contributed by atoms with Crippen LogP contribution in [0.4, 0.5) is 5.95 Å². The molecular formula is C21H28IN3O. The third-order valence-electron chi connectivity index (χ3n) is 6.01. The number of fused-ring (bicyclic) bond motifs is 3. The van der Waals surface area contributed by atoms with Gasteiger partial charge < -0.3 is 4.90 Å². The largest absolute Gasteiger partial charge is 0.339 e. The van der Waals surface area contributed by atoms with Crippen molar-refractivity contribution in [3.8, 4) is 0 Å². The molecule has 140 valence electrons. The maximum atomic E-state index is 13.2. The Bertz CT molecular complexity index is 919. The van der Waals surface area contributed by atoms with Crippen LogP contribution in [-0.4, -0.2) is 22.1 Å². The molecule has 2 aliphatic rings. The van der Waals surface area contributed by atoms with Crippen molar-refractivity contribution in [2.45, 2.75) is 66.0 Å². The van der Waals surface area contributed by atoms with Gasteiger partial charge in [0.15, 0.2) is 0 Å². The van der Waals surface area contributed by atoms with Crippen molar-refractivity contribution in [2.75, 3.05) is 11.4 Å². The average molecular weight is 465 g/mol. The molecule has 1 aromatic heterocycles. The monoisotopic (exact) mass is 465 g/mol. The second kappa shape index (κ2) is 6.21. The zero-order valence-corrected chi connectivity index (χ0v) is 18.3. The van der Waals surface area contributed by atoms with E-state index in [2.05, 4.69) is 55.2 Å². The number of aromatic nitrogens is 2. The maximum Gasteiger partial charge on any atom is 0.262 e. The summed E-state index contributed by atoms with van der Waals surface area (Å²) in [7, 11) is 0. The van der Waals surface area contributed by atoms with Gasteiger partial charge in [-0.2, -0.15) is 0 Å². The summed E-state index contributed by atoms with van der Waals surface area (Å²) < 4.78 is 3.01. The van der Waals surface area contributed by atoms with Gasteiger partial charge in [-0.3, -0.25) is 9.36 Å². The first-order valence-corrected chi connectivity index (χ1v) is 10.8. The molecule has 0 N–H and O–H groups in total. The standard InChI is InChI=1S/C21H28IN3O/c1-5-8-24-18(26)16-9-14(22)6-7-17(16)23-19(24)25-13-21(4)11-15(25)10-20(2,3)12-21/h6-7,9,15H,5,8,10-13H2,1-4H3. The number of benzene rings is 1. The van der Waals surface area contributed by atoms with Crippen LogP contribution in [-0.2, 0) is 6.54 Å². The summed E-state index contributed by atoms with van der Waals surface area (Å²) in [6, 6.07) is 6.48. The van der Waals surface area contributed by atoms with Crippen LogP contribution >= 0.6 is 22.6 Å². The lowest BCUT2D eigenvalue weighted by Gasteiger charge is -2.39. The van der Waals surface area contributed by atoms with E-state index in [-0.39, 0.29) is 5.56 Å². The van der Waals surface area contributed by atoms with Crippen LogP contribution in [0.2, 0.25) is 0 Å². The molecule has 4 nitrogen and oxygen atoms in total.